The molecule has 0 aliphatic heterocycles. The van der Waals surface area contributed by atoms with Crippen molar-refractivity contribution in [2.75, 3.05) is 0 Å². The van der Waals surface area contributed by atoms with E-state index in [4.69, 9.17) is 4.42 Å². The Kier molecular flexibility index (Phi) is 3.43. The Bertz CT molecular complexity index is 875. The van der Waals surface area contributed by atoms with Crippen molar-refractivity contribution >= 4 is 11.0 Å². The van der Waals surface area contributed by atoms with Crippen LogP contribution in [0, 0.1) is 0 Å². The second-order valence-electron chi connectivity index (χ2n) is 4.86. The molecule has 0 amide bonds. The second-order valence-corrected chi connectivity index (χ2v) is 4.86. The molecule has 0 spiro atoms. The maximum Gasteiger partial charge on any atom is 0.415 e. The third kappa shape index (κ3) is 2.29. The lowest BCUT2D eigenvalue weighted by Gasteiger charge is -2.04. The smallest absolute Gasteiger partial charge is 0.415 e. The number of unbranched alkanes of at least 4 members (excludes halogenated alkanes) is 1. The first kappa shape index (κ1) is 13.4. The Morgan fingerprint density at radius 1 is 1.33 bits per heavy atom. The number of aryl methyl sites for hydroxylation is 1. The summed E-state index contributed by atoms with van der Waals surface area (Å²) in [6, 6.07) is 5.32. The van der Waals surface area contributed by atoms with Crippen molar-refractivity contribution in [1.82, 2.24) is 9.55 Å². The molecule has 0 atom stereocenters. The topological polar surface area (TPSA) is 82.1 Å². The Balaban J connectivity index is 2.34. The molecule has 3 aromatic heterocycles. The van der Waals surface area contributed by atoms with E-state index in [1.54, 1.807) is 35.2 Å². The second kappa shape index (κ2) is 5.40. The first-order chi connectivity index (χ1) is 10.2. The zero-order valence-corrected chi connectivity index (χ0v) is 11.7. The van der Waals surface area contributed by atoms with Crippen LogP contribution in [-0.4, -0.2) is 9.55 Å². The van der Waals surface area contributed by atoms with Gasteiger partial charge in [0, 0.05) is 5.56 Å². The van der Waals surface area contributed by atoms with Gasteiger partial charge in [-0.2, -0.15) is 4.57 Å². The van der Waals surface area contributed by atoms with Crippen LogP contribution in [0.4, 0.5) is 0 Å². The largest absolute Gasteiger partial charge is 0.464 e. The molecule has 0 radical (unpaired) electrons. The summed E-state index contributed by atoms with van der Waals surface area (Å²) < 4.78 is 6.94. The van der Waals surface area contributed by atoms with Crippen LogP contribution < -0.4 is 16.2 Å². The van der Waals surface area contributed by atoms with Crippen molar-refractivity contribution in [2.24, 2.45) is 0 Å². The highest BCUT2D eigenvalue weighted by atomic mass is 16.3. The number of fused-ring (bicyclic) bond motifs is 1. The Labute approximate surface area is 120 Å². The quantitative estimate of drug-likeness (QED) is 0.790. The summed E-state index contributed by atoms with van der Waals surface area (Å²) in [4.78, 5) is 29.6. The maximum absolute atomic E-state index is 12.2. The summed E-state index contributed by atoms with van der Waals surface area (Å²) in [5.41, 5.74) is 0.381. The zero-order valence-electron chi connectivity index (χ0n) is 11.7. The molecular weight excluding hydrogens is 270 g/mol. The van der Waals surface area contributed by atoms with Gasteiger partial charge in [-0.05, 0) is 24.6 Å². The van der Waals surface area contributed by atoms with Gasteiger partial charge in [0.15, 0.2) is 0 Å². The number of furan rings is 1. The van der Waals surface area contributed by atoms with Crippen LogP contribution in [0.2, 0.25) is 0 Å². The summed E-state index contributed by atoms with van der Waals surface area (Å²) in [6.07, 6.45) is 5.09. The van der Waals surface area contributed by atoms with Gasteiger partial charge in [-0.25, -0.2) is 9.78 Å². The van der Waals surface area contributed by atoms with Crippen molar-refractivity contribution in [3.63, 3.8) is 0 Å². The number of rotatable bonds is 4. The van der Waals surface area contributed by atoms with Gasteiger partial charge < -0.3 is 4.42 Å². The fraction of sp³-hybridized carbons (Fsp3) is 0.267. The van der Waals surface area contributed by atoms with Gasteiger partial charge in [-0.15, -0.1) is 0 Å². The average molecular weight is 286 g/mol. The number of nitrogens with one attached hydrogen (secondary N) is 2. The molecule has 0 aromatic carbocycles. The Morgan fingerprint density at radius 2 is 2.19 bits per heavy atom. The summed E-state index contributed by atoms with van der Waals surface area (Å²) in [7, 11) is 0. The standard InChI is InChI=1S/C15H15N3O3/c1-2-3-8-18-13-12(14(19)17-15(18)20)10(6-7-16-13)11-5-4-9-21-11/h4-7,9H,2-3,8H2,1H3,(H,17,19,20)/p+1. The average Bonchev–Trinajstić information content (AvgIpc) is 3.00. The minimum Gasteiger partial charge on any atom is -0.464 e. The van der Waals surface area contributed by atoms with Crippen molar-refractivity contribution in [1.29, 1.82) is 0 Å². The van der Waals surface area contributed by atoms with Crippen LogP contribution in [0.1, 0.15) is 19.8 Å². The van der Waals surface area contributed by atoms with Gasteiger partial charge in [0.2, 0.25) is 0 Å². The predicted octanol–water partition coefficient (Wildman–Crippen LogP) is 1.56. The molecule has 6 heteroatoms. The molecule has 0 saturated carbocycles. The Hall–Kier alpha value is -2.63. The Morgan fingerprint density at radius 3 is 2.90 bits per heavy atom. The van der Waals surface area contributed by atoms with Crippen LogP contribution in [0.15, 0.2) is 44.7 Å². The lowest BCUT2D eigenvalue weighted by atomic mass is 10.1. The van der Waals surface area contributed by atoms with Gasteiger partial charge in [-0.1, -0.05) is 13.3 Å². The molecule has 0 unspecified atom stereocenters. The summed E-state index contributed by atoms with van der Waals surface area (Å²) in [5.74, 6) is 0.597. The van der Waals surface area contributed by atoms with Crippen molar-refractivity contribution in [3.8, 4) is 11.3 Å². The highest BCUT2D eigenvalue weighted by Gasteiger charge is 2.19. The molecule has 3 heterocycles. The third-order valence-corrected chi connectivity index (χ3v) is 3.46. The fourth-order valence-electron chi connectivity index (χ4n) is 2.43. The molecule has 108 valence electrons. The van der Waals surface area contributed by atoms with Gasteiger partial charge in [0.25, 0.3) is 11.2 Å². The molecule has 0 saturated heterocycles. The van der Waals surface area contributed by atoms with E-state index in [0.29, 0.717) is 28.9 Å². The number of hydrogen-bond donors (Lipinski definition) is 1. The minimum absolute atomic E-state index is 0.395. The highest BCUT2D eigenvalue weighted by Crippen LogP contribution is 2.23. The van der Waals surface area contributed by atoms with E-state index in [0.717, 1.165) is 12.8 Å². The van der Waals surface area contributed by atoms with E-state index in [9.17, 15) is 9.59 Å². The number of aromatic amines is 2. The van der Waals surface area contributed by atoms with Gasteiger partial charge in [0.1, 0.15) is 11.1 Å². The molecule has 3 rings (SSSR count). The minimum atomic E-state index is -0.411. The number of pyridine rings is 1. The molecule has 3 aromatic rings. The van der Waals surface area contributed by atoms with Crippen LogP contribution in [0.5, 0.6) is 0 Å². The van der Waals surface area contributed by atoms with E-state index in [1.807, 2.05) is 0 Å². The van der Waals surface area contributed by atoms with E-state index < -0.39 is 11.2 Å². The number of nitrogens with zero attached hydrogens (tertiary/aromatic N) is 1. The molecule has 21 heavy (non-hydrogen) atoms. The van der Waals surface area contributed by atoms with E-state index in [1.165, 1.54) is 0 Å². The molecular formula is C15H16N3O3+. The molecule has 0 aliphatic rings. The molecule has 0 aliphatic carbocycles. The fourth-order valence-corrected chi connectivity index (χ4v) is 2.43. The monoisotopic (exact) mass is 286 g/mol. The molecule has 6 nitrogen and oxygen atoms in total. The number of hydrogen-bond acceptors (Lipinski definition) is 3. The van der Waals surface area contributed by atoms with Crippen LogP contribution in [0.25, 0.3) is 22.4 Å². The normalized spacial score (nSPS) is 11.1. The summed E-state index contributed by atoms with van der Waals surface area (Å²) in [6.45, 7) is 2.61. The van der Waals surface area contributed by atoms with Gasteiger partial charge in [0.05, 0.1) is 19.0 Å². The number of H-pyrrole nitrogens is 2. The lowest BCUT2D eigenvalue weighted by Crippen LogP contribution is -2.34. The molecule has 0 fully saturated rings. The molecule has 0 bridgehead atoms. The number of aromatic nitrogens is 3. The lowest BCUT2D eigenvalue weighted by molar-refractivity contribution is -0.349. The third-order valence-electron chi connectivity index (χ3n) is 3.46. The SMILES string of the molecule is CCCCn1c(=O)[nH]c(=O)c2c(-c3ccco3)cc[nH+]c21. The van der Waals surface area contributed by atoms with Crippen LogP contribution in [-0.2, 0) is 6.54 Å². The van der Waals surface area contributed by atoms with Crippen LogP contribution >= 0.6 is 0 Å². The zero-order chi connectivity index (χ0) is 14.8. The van der Waals surface area contributed by atoms with E-state index >= 15 is 0 Å². The van der Waals surface area contributed by atoms with Crippen molar-refractivity contribution < 1.29 is 9.40 Å². The first-order valence-electron chi connectivity index (χ1n) is 6.93. The summed E-state index contributed by atoms with van der Waals surface area (Å²) >= 11 is 0. The van der Waals surface area contributed by atoms with E-state index in [-0.39, 0.29) is 0 Å². The van der Waals surface area contributed by atoms with Crippen LogP contribution in [0.3, 0.4) is 0 Å². The first-order valence-corrected chi connectivity index (χ1v) is 6.93. The van der Waals surface area contributed by atoms with E-state index in [2.05, 4.69) is 16.9 Å². The maximum atomic E-state index is 12.2. The van der Waals surface area contributed by atoms with Gasteiger partial charge in [-0.3, -0.25) is 9.78 Å². The molecule has 2 N–H and O–H groups in total. The van der Waals surface area contributed by atoms with Crippen molar-refractivity contribution in [2.45, 2.75) is 26.3 Å². The van der Waals surface area contributed by atoms with Gasteiger partial charge >= 0.3 is 5.69 Å². The highest BCUT2D eigenvalue weighted by molar-refractivity contribution is 5.88. The van der Waals surface area contributed by atoms with Crippen molar-refractivity contribution in [3.05, 3.63) is 51.5 Å². The predicted molar refractivity (Wildman–Crippen MR) is 78.0 cm³/mol. The summed E-state index contributed by atoms with van der Waals surface area (Å²) in [5, 5.41) is 0.433.